The van der Waals surface area contributed by atoms with Gasteiger partial charge in [0, 0.05) is 11.1 Å². The molecule has 6 atom stereocenters. The van der Waals surface area contributed by atoms with E-state index in [0.29, 0.717) is 5.57 Å². The fourth-order valence-corrected chi connectivity index (χ4v) is 5.64. The molecular formula is C20H23N5O10S2. The number of amides is 2. The van der Waals surface area contributed by atoms with Crippen LogP contribution in [0.1, 0.15) is 5.69 Å². The number of aliphatic hydroxyl groups is 4. The highest BCUT2D eigenvalue weighted by Gasteiger charge is 2.54. The Morgan fingerprint density at radius 1 is 1.32 bits per heavy atom. The summed E-state index contributed by atoms with van der Waals surface area (Å²) in [5.41, 5.74) is -0.605. The molecule has 0 aromatic carbocycles. The van der Waals surface area contributed by atoms with Crippen molar-refractivity contribution >= 4 is 58.0 Å². The molecule has 1 aromatic heterocycles. The summed E-state index contributed by atoms with van der Waals surface area (Å²) < 4.78 is 0. The first-order chi connectivity index (χ1) is 17.6. The van der Waals surface area contributed by atoms with Crippen LogP contribution < -0.4 is 10.6 Å². The Kier molecular flexibility index (Phi) is 9.00. The number of nitrogens with zero attached hydrogens (tertiary/aromatic N) is 3. The zero-order valence-electron chi connectivity index (χ0n) is 18.8. The average molecular weight is 558 g/mol. The quantitative estimate of drug-likeness (QED) is 0.0429. The van der Waals surface area contributed by atoms with Crippen LogP contribution in [-0.2, 0) is 19.2 Å². The minimum absolute atomic E-state index is 0.0345. The van der Waals surface area contributed by atoms with Crippen molar-refractivity contribution in [1.29, 1.82) is 0 Å². The van der Waals surface area contributed by atoms with Gasteiger partial charge in [0.05, 0.1) is 6.61 Å². The molecule has 0 spiro atoms. The molecular weight excluding hydrogens is 534 g/mol. The first kappa shape index (κ1) is 28.2. The van der Waals surface area contributed by atoms with Crippen molar-refractivity contribution in [3.8, 4) is 0 Å². The highest BCUT2D eigenvalue weighted by molar-refractivity contribution is 8.00. The van der Waals surface area contributed by atoms with Crippen LogP contribution in [0.5, 0.6) is 0 Å². The van der Waals surface area contributed by atoms with Gasteiger partial charge in [0.2, 0.25) is 0 Å². The Morgan fingerprint density at radius 3 is 2.59 bits per heavy atom. The number of anilines is 1. The second-order valence-electron chi connectivity index (χ2n) is 7.77. The lowest BCUT2D eigenvalue weighted by molar-refractivity contribution is -0.150. The summed E-state index contributed by atoms with van der Waals surface area (Å²) in [7, 11) is 0. The highest BCUT2D eigenvalue weighted by Crippen LogP contribution is 2.40. The third kappa shape index (κ3) is 5.50. The Morgan fingerprint density at radius 2 is 2.03 bits per heavy atom. The number of nitrogens with one attached hydrogen (secondary N) is 2. The third-order valence-corrected chi connectivity index (χ3v) is 7.61. The van der Waals surface area contributed by atoms with Crippen LogP contribution in [0.4, 0.5) is 5.13 Å². The molecule has 8 N–H and O–H groups in total. The van der Waals surface area contributed by atoms with Gasteiger partial charge in [-0.3, -0.25) is 14.5 Å². The lowest BCUT2D eigenvalue weighted by Gasteiger charge is -2.49. The number of thioether (sulfide) groups is 1. The number of β-lactam (4-membered cyclic amide) rings is 1. The number of oxime groups is 1. The Labute approximate surface area is 216 Å². The predicted molar refractivity (Wildman–Crippen MR) is 129 cm³/mol. The van der Waals surface area contributed by atoms with Crippen molar-refractivity contribution in [3.63, 3.8) is 0 Å². The molecule has 0 aliphatic carbocycles. The van der Waals surface area contributed by atoms with Crippen LogP contribution in [0.15, 0.2) is 34.5 Å². The number of hydrogen-bond acceptors (Lipinski definition) is 14. The first-order valence-corrected chi connectivity index (χ1v) is 12.4. The number of thiazole rings is 1. The van der Waals surface area contributed by atoms with E-state index in [1.54, 1.807) is 0 Å². The van der Waals surface area contributed by atoms with Crippen LogP contribution in [0.2, 0.25) is 0 Å². The minimum atomic E-state index is -1.86. The molecule has 15 nitrogen and oxygen atoms in total. The van der Waals surface area contributed by atoms with E-state index in [-0.39, 0.29) is 28.6 Å². The van der Waals surface area contributed by atoms with Gasteiger partial charge >= 0.3 is 5.97 Å². The smallest absolute Gasteiger partial charge is 0.352 e. The Balaban J connectivity index is 1.69. The first-order valence-electron chi connectivity index (χ1n) is 10.5. The summed E-state index contributed by atoms with van der Waals surface area (Å²) in [6, 6.07) is -2.56. The molecule has 2 aliphatic heterocycles. The number of hydrogen-bond donors (Lipinski definition) is 8. The molecule has 2 aliphatic rings. The molecule has 17 heteroatoms. The van der Waals surface area contributed by atoms with E-state index in [4.69, 9.17) is 5.11 Å². The fraction of sp³-hybridized carbons (Fsp3) is 0.400. The Hall–Kier alpha value is -3.35. The maximum Gasteiger partial charge on any atom is 0.352 e. The number of aliphatic hydroxyl groups excluding tert-OH is 4. The number of rotatable bonds is 12. The van der Waals surface area contributed by atoms with Crippen LogP contribution in [-0.4, -0.2) is 119 Å². The molecule has 1 saturated heterocycles. The molecule has 37 heavy (non-hydrogen) atoms. The van der Waals surface area contributed by atoms with Gasteiger partial charge in [0.15, 0.2) is 10.8 Å². The molecule has 0 radical (unpaired) electrons. The molecule has 0 saturated carbocycles. The van der Waals surface area contributed by atoms with Crippen molar-refractivity contribution in [2.45, 2.75) is 35.8 Å². The minimum Gasteiger partial charge on any atom is -0.477 e. The molecule has 0 bridgehead atoms. The number of fused-ring (bicyclic) bond motifs is 1. The second-order valence-corrected chi connectivity index (χ2v) is 9.73. The van der Waals surface area contributed by atoms with Gasteiger partial charge < -0.3 is 46.2 Å². The van der Waals surface area contributed by atoms with E-state index in [1.807, 2.05) is 0 Å². The van der Waals surface area contributed by atoms with Crippen LogP contribution in [0, 0.1) is 0 Å². The van der Waals surface area contributed by atoms with E-state index in [2.05, 4.69) is 27.4 Å². The van der Waals surface area contributed by atoms with Crippen LogP contribution in [0.3, 0.4) is 0 Å². The number of carboxylic acid groups (broad SMARTS) is 1. The van der Waals surface area contributed by atoms with Gasteiger partial charge in [-0.05, 0) is 5.57 Å². The molecule has 2 amide bonds. The van der Waals surface area contributed by atoms with E-state index in [0.717, 1.165) is 16.2 Å². The number of carboxylic acids is 1. The normalized spacial score (nSPS) is 22.8. The molecule has 1 unspecified atom stereocenters. The summed E-state index contributed by atoms with van der Waals surface area (Å²) in [6.07, 6.45) is -3.81. The number of carbonyl (C=O) groups is 4. The van der Waals surface area contributed by atoms with E-state index in [9.17, 15) is 44.8 Å². The molecule has 200 valence electrons. The number of allylic oxidation sites excluding steroid dienone is 1. The molecule has 3 heterocycles. The summed E-state index contributed by atoms with van der Waals surface area (Å²) in [5, 5.41) is 65.5. The maximum atomic E-state index is 12.8. The van der Waals surface area contributed by atoms with Crippen molar-refractivity contribution in [2.75, 3.05) is 17.7 Å². The average Bonchev–Trinajstić information content (AvgIpc) is 3.36. The standard InChI is InChI=1S/C20H23N5O10S2/c1-2-7-5-36-18-12(17(32)25(18)13(7)19(33)34)23-16(31)11(24-35)9-6-37-20(22-9)21-8(3-26)14(29)15(30)10(28)4-27/h2-3,6,8,10,12,14-15,18,27-30,35H,1,4-5H2,(H,21,22)(H,23,31)(H,33,34)/b24-11-/t8?,10-,12-,14-,15-,18-/m1/s1. The highest BCUT2D eigenvalue weighted by atomic mass is 32.2. The Bertz CT molecular complexity index is 1150. The summed E-state index contributed by atoms with van der Waals surface area (Å²) in [5.74, 6) is -2.72. The van der Waals surface area contributed by atoms with Gasteiger partial charge in [-0.2, -0.15) is 0 Å². The molecule has 3 rings (SSSR count). The SMILES string of the molecule is C=CC1=C(C(=O)O)N2C(=O)[C@@H](NC(=O)/C(=N\O)c3csc(NC(C=O)[C@@H](O)[C@H](O)[C@H](O)CO)n3)[C@H]2SC1. The van der Waals surface area contributed by atoms with Crippen molar-refractivity contribution in [3.05, 3.63) is 35.0 Å². The molecule has 1 aromatic rings. The van der Waals surface area contributed by atoms with E-state index < -0.39 is 65.9 Å². The number of aromatic nitrogens is 1. The van der Waals surface area contributed by atoms with E-state index in [1.165, 1.54) is 23.2 Å². The maximum absolute atomic E-state index is 12.8. The second kappa shape index (κ2) is 11.8. The number of carbonyl (C=O) groups excluding carboxylic acids is 3. The van der Waals surface area contributed by atoms with Crippen molar-refractivity contribution in [1.82, 2.24) is 15.2 Å². The van der Waals surface area contributed by atoms with Gasteiger partial charge in [0.25, 0.3) is 11.8 Å². The number of aldehydes is 1. The lowest BCUT2D eigenvalue weighted by Crippen LogP contribution is -2.71. The topological polar surface area (TPSA) is 242 Å². The fourth-order valence-electron chi connectivity index (χ4n) is 3.56. The van der Waals surface area contributed by atoms with Gasteiger partial charge in [0.1, 0.15) is 53.4 Å². The van der Waals surface area contributed by atoms with Crippen molar-refractivity contribution < 1.29 is 49.9 Å². The monoisotopic (exact) mass is 557 g/mol. The third-order valence-electron chi connectivity index (χ3n) is 5.53. The summed E-state index contributed by atoms with van der Waals surface area (Å²) >= 11 is 2.06. The van der Waals surface area contributed by atoms with E-state index >= 15 is 0 Å². The van der Waals surface area contributed by atoms with Gasteiger partial charge in [-0.1, -0.05) is 17.8 Å². The molecule has 1 fully saturated rings. The zero-order chi connectivity index (χ0) is 27.4. The van der Waals surface area contributed by atoms with Crippen molar-refractivity contribution in [2.24, 2.45) is 5.16 Å². The predicted octanol–water partition coefficient (Wildman–Crippen LogP) is -2.70. The van der Waals surface area contributed by atoms with Crippen LogP contribution >= 0.6 is 23.1 Å². The lowest BCUT2D eigenvalue weighted by atomic mass is 10.0. The van der Waals surface area contributed by atoms with Crippen LogP contribution in [0.25, 0.3) is 0 Å². The summed E-state index contributed by atoms with van der Waals surface area (Å²) in [4.78, 5) is 53.4. The largest absolute Gasteiger partial charge is 0.477 e. The zero-order valence-corrected chi connectivity index (χ0v) is 20.4. The van der Waals surface area contributed by atoms with Gasteiger partial charge in [-0.15, -0.1) is 23.1 Å². The summed E-state index contributed by atoms with van der Waals surface area (Å²) in [6.45, 7) is 2.69. The number of aliphatic carboxylic acids is 1. The van der Waals surface area contributed by atoms with Gasteiger partial charge in [-0.25, -0.2) is 9.78 Å².